The molecule has 0 aliphatic heterocycles. The number of allylic oxidation sites excluding steroid dienone is 3. The van der Waals surface area contributed by atoms with Crippen LogP contribution in [-0.4, -0.2) is 5.97 Å². The van der Waals surface area contributed by atoms with Gasteiger partial charge in [-0.15, -0.1) is 0 Å². The third-order valence-corrected chi connectivity index (χ3v) is 3.10. The number of hydrogen-bond acceptors (Lipinski definition) is 2. The lowest BCUT2D eigenvalue weighted by Gasteiger charge is -2.10. The normalized spacial score (nSPS) is 11.3. The number of esters is 1. The third-order valence-electron chi connectivity index (χ3n) is 3.10. The van der Waals surface area contributed by atoms with Crippen LogP contribution < -0.4 is 0 Å². The molecule has 20 heavy (non-hydrogen) atoms. The van der Waals surface area contributed by atoms with Crippen LogP contribution in [0.3, 0.4) is 0 Å². The molecule has 2 heteroatoms. The summed E-state index contributed by atoms with van der Waals surface area (Å²) >= 11 is 0. The summed E-state index contributed by atoms with van der Waals surface area (Å²) in [5.41, 5.74) is 3.68. The maximum Gasteiger partial charge on any atom is 0.331 e. The van der Waals surface area contributed by atoms with Crippen molar-refractivity contribution in [1.29, 1.82) is 0 Å². The minimum absolute atomic E-state index is 0.299. The number of benzene rings is 1. The zero-order valence-electron chi connectivity index (χ0n) is 12.7. The van der Waals surface area contributed by atoms with E-state index in [4.69, 9.17) is 4.74 Å². The highest BCUT2D eigenvalue weighted by atomic mass is 16.5. The predicted molar refractivity (Wildman–Crippen MR) is 83.6 cm³/mol. The molecular formula is C18H24O2. The smallest absolute Gasteiger partial charge is 0.331 e. The fourth-order valence-electron chi connectivity index (χ4n) is 1.99. The van der Waals surface area contributed by atoms with Gasteiger partial charge < -0.3 is 4.74 Å². The van der Waals surface area contributed by atoms with Crippen LogP contribution in [0, 0.1) is 0 Å². The zero-order valence-corrected chi connectivity index (χ0v) is 12.7. The molecule has 0 fully saturated rings. The molecule has 0 radical (unpaired) electrons. The van der Waals surface area contributed by atoms with E-state index in [9.17, 15) is 4.79 Å². The van der Waals surface area contributed by atoms with Gasteiger partial charge in [-0.3, -0.25) is 0 Å². The van der Waals surface area contributed by atoms with Gasteiger partial charge >= 0.3 is 5.97 Å². The first kappa shape index (κ1) is 16.2. The van der Waals surface area contributed by atoms with E-state index < -0.39 is 0 Å². The van der Waals surface area contributed by atoms with E-state index in [1.54, 1.807) is 6.08 Å². The monoisotopic (exact) mass is 272 g/mol. The van der Waals surface area contributed by atoms with Crippen LogP contribution in [-0.2, 0) is 29.0 Å². The second-order valence-corrected chi connectivity index (χ2v) is 4.70. The largest absolute Gasteiger partial charge is 0.458 e. The van der Waals surface area contributed by atoms with Crippen molar-refractivity contribution in [3.05, 3.63) is 59.2 Å². The second kappa shape index (κ2) is 9.13. The maximum atomic E-state index is 11.6. The number of carbonyl (C=O) groups excluding carboxylic acids is 1. The predicted octanol–water partition coefficient (Wildman–Crippen LogP) is 4.38. The van der Waals surface area contributed by atoms with E-state index in [-0.39, 0.29) is 5.97 Å². The first-order chi connectivity index (χ1) is 9.71. The van der Waals surface area contributed by atoms with E-state index in [1.807, 2.05) is 19.1 Å². The Kier molecular flexibility index (Phi) is 7.41. The quantitative estimate of drug-likeness (QED) is 0.418. The molecule has 0 amide bonds. The zero-order chi connectivity index (χ0) is 14.8. The standard InChI is InChI=1S/C18H24O2/c1-4-7-8-10-18(19)20-14-17-13-15(6-3)11-12-16(17)9-5-2/h4,7-8,10-13H,5-6,9,14H2,1-3H3/b7-4+,10-8+. The second-order valence-electron chi connectivity index (χ2n) is 4.70. The summed E-state index contributed by atoms with van der Waals surface area (Å²) < 4.78 is 5.30. The maximum absolute atomic E-state index is 11.6. The van der Waals surface area contributed by atoms with Gasteiger partial charge in [0.2, 0.25) is 0 Å². The molecule has 0 bridgehead atoms. The Morgan fingerprint density at radius 2 is 2.00 bits per heavy atom. The van der Waals surface area contributed by atoms with Gasteiger partial charge in [-0.1, -0.05) is 56.7 Å². The van der Waals surface area contributed by atoms with Crippen molar-refractivity contribution in [1.82, 2.24) is 0 Å². The molecular weight excluding hydrogens is 248 g/mol. The molecule has 0 N–H and O–H groups in total. The van der Waals surface area contributed by atoms with Gasteiger partial charge in [0.15, 0.2) is 0 Å². The molecule has 0 aliphatic carbocycles. The van der Waals surface area contributed by atoms with Gasteiger partial charge in [0.1, 0.15) is 6.61 Å². The summed E-state index contributed by atoms with van der Waals surface area (Å²) in [6.07, 6.45) is 9.92. The summed E-state index contributed by atoms with van der Waals surface area (Å²) in [4.78, 5) is 11.6. The van der Waals surface area contributed by atoms with Crippen LogP contribution in [0.25, 0.3) is 0 Å². The van der Waals surface area contributed by atoms with Gasteiger partial charge in [0.25, 0.3) is 0 Å². The molecule has 1 aromatic rings. The Hall–Kier alpha value is -1.83. The molecule has 0 aliphatic rings. The fourth-order valence-corrected chi connectivity index (χ4v) is 1.99. The lowest BCUT2D eigenvalue weighted by Crippen LogP contribution is -2.04. The van der Waals surface area contributed by atoms with Crippen molar-refractivity contribution in [3.63, 3.8) is 0 Å². The Morgan fingerprint density at radius 1 is 1.20 bits per heavy atom. The average molecular weight is 272 g/mol. The van der Waals surface area contributed by atoms with E-state index in [1.165, 1.54) is 17.2 Å². The SMILES string of the molecule is C/C=C/C=C/C(=O)OCc1cc(CC)ccc1CCC. The van der Waals surface area contributed by atoms with Gasteiger partial charge in [-0.2, -0.15) is 0 Å². The van der Waals surface area contributed by atoms with E-state index >= 15 is 0 Å². The van der Waals surface area contributed by atoms with Crippen molar-refractivity contribution in [2.75, 3.05) is 0 Å². The van der Waals surface area contributed by atoms with Crippen molar-refractivity contribution in [2.45, 2.75) is 46.6 Å². The van der Waals surface area contributed by atoms with Gasteiger partial charge in [0, 0.05) is 6.08 Å². The summed E-state index contributed by atoms with van der Waals surface area (Å²) in [7, 11) is 0. The minimum Gasteiger partial charge on any atom is -0.458 e. The van der Waals surface area contributed by atoms with Crippen LogP contribution in [0.5, 0.6) is 0 Å². The highest BCUT2D eigenvalue weighted by molar-refractivity contribution is 5.82. The van der Waals surface area contributed by atoms with E-state index in [2.05, 4.69) is 32.0 Å². The Labute approximate surface area is 122 Å². The Morgan fingerprint density at radius 3 is 2.65 bits per heavy atom. The number of aryl methyl sites for hydroxylation is 2. The molecule has 1 aromatic carbocycles. The van der Waals surface area contributed by atoms with Crippen LogP contribution in [0.4, 0.5) is 0 Å². The van der Waals surface area contributed by atoms with Gasteiger partial charge in [-0.05, 0) is 36.5 Å². The average Bonchev–Trinajstić information content (AvgIpc) is 2.46. The van der Waals surface area contributed by atoms with Crippen LogP contribution in [0.2, 0.25) is 0 Å². The van der Waals surface area contributed by atoms with Crippen molar-refractivity contribution < 1.29 is 9.53 Å². The number of rotatable bonds is 7. The lowest BCUT2D eigenvalue weighted by atomic mass is 10.00. The topological polar surface area (TPSA) is 26.3 Å². The van der Waals surface area contributed by atoms with Gasteiger partial charge in [0.05, 0.1) is 0 Å². The molecule has 2 nitrogen and oxygen atoms in total. The molecule has 1 rings (SSSR count). The molecule has 0 saturated heterocycles. The highest BCUT2D eigenvalue weighted by Crippen LogP contribution is 2.16. The number of carbonyl (C=O) groups is 1. The first-order valence-electron chi connectivity index (χ1n) is 7.28. The third kappa shape index (κ3) is 5.43. The van der Waals surface area contributed by atoms with Crippen molar-refractivity contribution in [2.24, 2.45) is 0 Å². The Balaban J connectivity index is 2.71. The molecule has 108 valence electrons. The molecule has 0 saturated carbocycles. The Bertz CT molecular complexity index is 484. The minimum atomic E-state index is -0.299. The van der Waals surface area contributed by atoms with E-state index in [0.717, 1.165) is 24.8 Å². The van der Waals surface area contributed by atoms with Crippen molar-refractivity contribution >= 4 is 5.97 Å². The van der Waals surface area contributed by atoms with Gasteiger partial charge in [-0.25, -0.2) is 4.79 Å². The highest BCUT2D eigenvalue weighted by Gasteiger charge is 2.05. The van der Waals surface area contributed by atoms with Crippen LogP contribution >= 0.6 is 0 Å². The molecule has 0 spiro atoms. The van der Waals surface area contributed by atoms with E-state index in [0.29, 0.717) is 6.61 Å². The van der Waals surface area contributed by atoms with Crippen molar-refractivity contribution in [3.8, 4) is 0 Å². The summed E-state index contributed by atoms with van der Waals surface area (Å²) in [6.45, 7) is 6.54. The number of ether oxygens (including phenoxy) is 1. The fraction of sp³-hybridized carbons (Fsp3) is 0.389. The van der Waals surface area contributed by atoms with Crippen LogP contribution in [0.15, 0.2) is 42.5 Å². The summed E-state index contributed by atoms with van der Waals surface area (Å²) in [6, 6.07) is 6.46. The number of hydrogen-bond donors (Lipinski definition) is 0. The summed E-state index contributed by atoms with van der Waals surface area (Å²) in [5.74, 6) is -0.299. The molecule has 0 atom stereocenters. The molecule has 0 heterocycles. The first-order valence-corrected chi connectivity index (χ1v) is 7.28. The summed E-state index contributed by atoms with van der Waals surface area (Å²) in [5, 5.41) is 0. The molecule has 0 unspecified atom stereocenters. The van der Waals surface area contributed by atoms with Crippen LogP contribution in [0.1, 0.15) is 43.9 Å². The lowest BCUT2D eigenvalue weighted by molar-refractivity contribution is -0.139. The molecule has 0 aromatic heterocycles.